The Morgan fingerprint density at radius 1 is 0.167 bits per heavy atom. The maximum atomic E-state index is 5.12. The highest BCUT2D eigenvalue weighted by Gasteiger charge is 2.31. The average molecular weight is 1980 g/mol. The molecule has 3 heterocycles. The van der Waals surface area contributed by atoms with E-state index in [0.717, 1.165) is 113 Å². The Labute approximate surface area is 877 Å². The van der Waals surface area contributed by atoms with E-state index in [1.807, 2.05) is 42.9 Å². The lowest BCUT2D eigenvalue weighted by Gasteiger charge is -2.29. The third kappa shape index (κ3) is 17.2. The van der Waals surface area contributed by atoms with Crippen LogP contribution in [0.25, 0.3) is 130 Å². The standard InChI is InChI=1S/2C46H37N3Si.C45H36N4Si/c1-50(2,3)39-24-22-38(23-25-39)48(36-14-6-4-7-15-36)42-28-20-32-19-27-41-43(29-21-33-18-26-40(42)45(32)46(33)41)49(37-16-8-5-9-17-37)44-30-34-12-10-11-13-35(34)31-47-44;1-50(2,3)38-24-22-37(23-25-38)48(35-13-6-4-7-14-35)42-28-20-33-19-27-41-43(29-21-34-18-26-40(42)44(33)45(34)41)49(36-15-8-5-9-16-36)46-39-17-11-10-12-32(39)30-31-47-46;1-50(2,3)36-24-22-35(23-25-36)48(33-12-6-4-7-13-33)41-28-20-31-19-27-38-42(29-21-32-18-26-37(41)44(31)45(32)38)49(34-14-8-5-9-15-34)43-30-46-39-16-10-11-17-40(39)47-43/h2*4-31H,1-3H3;4-30H,1-3H3. The molecule has 720 valence electrons. The maximum absolute atomic E-state index is 5.12. The quantitative estimate of drug-likeness (QED) is 0.0513. The molecule has 0 saturated heterocycles. The number of nitrogens with zero attached hydrogens (tertiary/aromatic N) is 10. The van der Waals surface area contributed by atoms with Crippen LogP contribution in [-0.4, -0.2) is 44.2 Å². The average Bonchev–Trinajstić information content (AvgIpc) is 0.723. The third-order valence-electron chi connectivity index (χ3n) is 29.7. The molecule has 0 atom stereocenters. The summed E-state index contributed by atoms with van der Waals surface area (Å²) < 4.78 is 0. The van der Waals surface area contributed by atoms with E-state index in [1.54, 1.807) is 0 Å². The van der Waals surface area contributed by atoms with E-state index in [1.165, 1.54) is 135 Å². The number of hydrogen-bond donors (Lipinski definition) is 0. The predicted molar refractivity (Wildman–Crippen MR) is 651 cm³/mol. The molecule has 0 N–H and O–H groups in total. The topological polar surface area (TPSA) is 71.0 Å². The monoisotopic (exact) mass is 1980 g/mol. The lowest BCUT2D eigenvalue weighted by molar-refractivity contribution is 1.18. The number of benzene rings is 24. The van der Waals surface area contributed by atoms with E-state index in [4.69, 9.17) is 19.9 Å². The van der Waals surface area contributed by atoms with E-state index in [-0.39, 0.29) is 0 Å². The summed E-state index contributed by atoms with van der Waals surface area (Å²) in [6.45, 7) is 21.6. The van der Waals surface area contributed by atoms with Crippen molar-refractivity contribution in [3.05, 3.63) is 504 Å². The van der Waals surface area contributed by atoms with Crippen molar-refractivity contribution < 1.29 is 0 Å². The highest BCUT2D eigenvalue weighted by molar-refractivity contribution is 6.89. The molecule has 3 aromatic heterocycles. The molecule has 0 aliphatic carbocycles. The maximum Gasteiger partial charge on any atom is 0.156 e. The van der Waals surface area contributed by atoms with Gasteiger partial charge in [-0.05, 0) is 245 Å². The highest BCUT2D eigenvalue weighted by Crippen LogP contribution is 2.54. The summed E-state index contributed by atoms with van der Waals surface area (Å²) in [5, 5.41) is 31.1. The fraction of sp³-hybridized carbons (Fsp3) is 0.0657. The van der Waals surface area contributed by atoms with Gasteiger partial charge in [0.15, 0.2) is 5.82 Å². The van der Waals surface area contributed by atoms with Crippen LogP contribution in [0.1, 0.15) is 0 Å². The van der Waals surface area contributed by atoms with Gasteiger partial charge in [-0.3, -0.25) is 19.7 Å². The molecule has 24 aromatic carbocycles. The number of anilines is 18. The normalized spacial score (nSPS) is 11.9. The van der Waals surface area contributed by atoms with Crippen molar-refractivity contribution in [2.24, 2.45) is 0 Å². The Morgan fingerprint density at radius 2 is 0.427 bits per heavy atom. The molecule has 0 spiro atoms. The highest BCUT2D eigenvalue weighted by atomic mass is 28.3. The van der Waals surface area contributed by atoms with Crippen molar-refractivity contribution >= 4 is 272 Å². The van der Waals surface area contributed by atoms with E-state index in [9.17, 15) is 0 Å². The summed E-state index contributed by atoms with van der Waals surface area (Å²) in [6.07, 6.45) is 5.79. The smallest absolute Gasteiger partial charge is 0.156 e. The van der Waals surface area contributed by atoms with Gasteiger partial charge in [-0.2, -0.15) is 0 Å². The van der Waals surface area contributed by atoms with Crippen LogP contribution in [0.5, 0.6) is 0 Å². The molecule has 13 heteroatoms. The second kappa shape index (κ2) is 38.4. The summed E-state index contributed by atoms with van der Waals surface area (Å²) in [6, 6.07) is 176. The van der Waals surface area contributed by atoms with Crippen LogP contribution in [-0.2, 0) is 0 Å². The first-order chi connectivity index (χ1) is 73.3. The number of aromatic nitrogens is 4. The van der Waals surface area contributed by atoms with Crippen molar-refractivity contribution in [2.75, 3.05) is 29.4 Å². The van der Waals surface area contributed by atoms with Crippen LogP contribution in [0.3, 0.4) is 0 Å². The first-order valence-electron chi connectivity index (χ1n) is 51.8. The second-order valence-electron chi connectivity index (χ2n) is 42.2. The molecule has 0 bridgehead atoms. The van der Waals surface area contributed by atoms with E-state index in [2.05, 4.69) is 549 Å². The zero-order valence-corrected chi connectivity index (χ0v) is 88.4. The Hall–Kier alpha value is -18.0. The molecule has 0 aliphatic rings. The van der Waals surface area contributed by atoms with Gasteiger partial charge in [0.1, 0.15) is 11.6 Å². The predicted octanol–water partition coefficient (Wildman–Crippen LogP) is 37.2. The van der Waals surface area contributed by atoms with Crippen LogP contribution < -0.4 is 45.0 Å². The molecular weight excluding hydrogens is 1870 g/mol. The fourth-order valence-electron chi connectivity index (χ4n) is 22.3. The molecule has 0 amide bonds. The third-order valence-corrected chi connectivity index (χ3v) is 35.9. The first kappa shape index (κ1) is 93.1. The minimum Gasteiger partial charge on any atom is -0.310 e. The SMILES string of the molecule is C[Si](C)(C)c1ccc(N(c2ccccc2)c2ccc3ccc4c(N(c5ccccc5)c5cc6ccccc6cn5)ccc5ccc2c3c54)cc1.C[Si](C)(C)c1ccc(N(c2ccccc2)c2ccc3ccc4c(N(c5ccccc5)c5cnc6ccccc6n5)ccc5ccc2c3c54)cc1.C[Si](C)(C)c1ccc(N(c2ccccc2)c2ccc3ccc4c(N(c5ccccc5)c5nccc6ccccc56)ccc5ccc2c3c54)cc1. The van der Waals surface area contributed by atoms with Gasteiger partial charge in [0.2, 0.25) is 0 Å². The van der Waals surface area contributed by atoms with Gasteiger partial charge < -0.3 is 14.7 Å². The molecule has 27 aromatic rings. The molecular formula is C137H110N10Si3. The molecule has 10 nitrogen and oxygen atoms in total. The van der Waals surface area contributed by atoms with Gasteiger partial charge in [-0.25, -0.2) is 15.0 Å². The lowest BCUT2D eigenvalue weighted by Crippen LogP contribution is -2.37. The largest absolute Gasteiger partial charge is 0.310 e. The Morgan fingerprint density at radius 3 is 0.767 bits per heavy atom. The molecule has 0 saturated carbocycles. The minimum atomic E-state index is -1.45. The van der Waals surface area contributed by atoms with Gasteiger partial charge in [0, 0.05) is 107 Å². The molecule has 0 radical (unpaired) electrons. The van der Waals surface area contributed by atoms with Crippen LogP contribution in [0.4, 0.5) is 103 Å². The van der Waals surface area contributed by atoms with E-state index >= 15 is 0 Å². The van der Waals surface area contributed by atoms with Crippen molar-refractivity contribution in [2.45, 2.75) is 58.9 Å². The fourth-order valence-corrected chi connectivity index (χ4v) is 25.8. The second-order valence-corrected chi connectivity index (χ2v) is 57.4. The zero-order valence-electron chi connectivity index (χ0n) is 85.4. The lowest BCUT2D eigenvalue weighted by atomic mass is 9.91. The van der Waals surface area contributed by atoms with Crippen LogP contribution in [0.15, 0.2) is 504 Å². The van der Waals surface area contributed by atoms with Crippen LogP contribution >= 0.6 is 0 Å². The number of fused-ring (bicyclic) bond motifs is 3. The van der Waals surface area contributed by atoms with Crippen molar-refractivity contribution in [3.63, 3.8) is 0 Å². The van der Waals surface area contributed by atoms with Gasteiger partial charge in [-0.1, -0.05) is 390 Å². The minimum absolute atomic E-state index is 0.780. The van der Waals surface area contributed by atoms with Crippen molar-refractivity contribution in [1.29, 1.82) is 0 Å². The summed E-state index contributed by atoms with van der Waals surface area (Å²) in [5.41, 5.74) is 18.6. The van der Waals surface area contributed by atoms with E-state index in [0.29, 0.717) is 0 Å². The van der Waals surface area contributed by atoms with Crippen molar-refractivity contribution in [1.82, 2.24) is 19.9 Å². The summed E-state index contributed by atoms with van der Waals surface area (Å²) in [7, 11) is -4.33. The van der Waals surface area contributed by atoms with Gasteiger partial charge in [-0.15, -0.1) is 0 Å². The van der Waals surface area contributed by atoms with Gasteiger partial charge in [0.05, 0.1) is 75.6 Å². The van der Waals surface area contributed by atoms with Crippen LogP contribution in [0, 0.1) is 0 Å². The first-order valence-corrected chi connectivity index (χ1v) is 62.3. The summed E-state index contributed by atoms with van der Waals surface area (Å²) in [5.74, 6) is 2.59. The summed E-state index contributed by atoms with van der Waals surface area (Å²) in [4.78, 5) is 34.1. The number of para-hydroxylation sites is 8. The number of hydrogen-bond acceptors (Lipinski definition) is 10. The van der Waals surface area contributed by atoms with Gasteiger partial charge in [0.25, 0.3) is 0 Å². The molecule has 0 aliphatic heterocycles. The molecule has 0 unspecified atom stereocenters. The number of rotatable bonds is 21. The Balaban J connectivity index is 0.000000116. The molecule has 27 rings (SSSR count). The zero-order chi connectivity index (χ0) is 101. The van der Waals surface area contributed by atoms with Crippen LogP contribution in [0.2, 0.25) is 58.9 Å². The Kier molecular flexibility index (Phi) is 23.9. The Bertz CT molecular complexity index is 9270. The molecule has 150 heavy (non-hydrogen) atoms. The molecule has 0 fully saturated rings. The summed E-state index contributed by atoms with van der Waals surface area (Å²) >= 11 is 0. The number of pyridine rings is 2. The van der Waals surface area contributed by atoms with Crippen molar-refractivity contribution in [3.8, 4) is 0 Å². The van der Waals surface area contributed by atoms with E-state index < -0.39 is 24.2 Å². The van der Waals surface area contributed by atoms with Gasteiger partial charge >= 0.3 is 0 Å².